The van der Waals surface area contributed by atoms with Gasteiger partial charge in [-0.15, -0.1) is 0 Å². The van der Waals surface area contributed by atoms with Crippen molar-refractivity contribution in [2.24, 2.45) is 0 Å². The topological polar surface area (TPSA) is 71.9 Å². The number of hydrogen-bond acceptors (Lipinski definition) is 5. The Kier molecular flexibility index (Phi) is 2.85. The molecule has 0 saturated carbocycles. The number of carboxylic acids is 1. The minimum absolute atomic E-state index is 0.0119. The molecule has 0 bridgehead atoms. The highest BCUT2D eigenvalue weighted by Crippen LogP contribution is 2.37. The summed E-state index contributed by atoms with van der Waals surface area (Å²) in [6.45, 7) is 0.994. The summed E-state index contributed by atoms with van der Waals surface area (Å²) < 4.78 is 11.1. The van der Waals surface area contributed by atoms with E-state index in [0.29, 0.717) is 30.2 Å². The zero-order valence-electron chi connectivity index (χ0n) is 11.2. The molecule has 0 fully saturated rings. The Morgan fingerprint density at radius 3 is 2.45 bits per heavy atom. The smallest absolute Gasteiger partial charge is 0.354 e. The van der Waals surface area contributed by atoms with Crippen molar-refractivity contribution in [1.29, 1.82) is 0 Å². The monoisotopic (exact) mass is 274 g/mol. The van der Waals surface area contributed by atoms with E-state index < -0.39 is 5.97 Å². The Morgan fingerprint density at radius 2 is 1.85 bits per heavy atom. The van der Waals surface area contributed by atoms with Crippen LogP contribution in [0.3, 0.4) is 0 Å². The van der Waals surface area contributed by atoms with Crippen molar-refractivity contribution >= 4 is 22.6 Å². The molecule has 1 aliphatic rings. The van der Waals surface area contributed by atoms with Gasteiger partial charge in [0.25, 0.3) is 0 Å². The average molecular weight is 274 g/mol. The van der Waals surface area contributed by atoms with Crippen molar-refractivity contribution < 1.29 is 19.4 Å². The van der Waals surface area contributed by atoms with Gasteiger partial charge < -0.3 is 19.5 Å². The van der Waals surface area contributed by atoms with E-state index in [1.165, 1.54) is 0 Å². The predicted molar refractivity (Wildman–Crippen MR) is 74.0 cm³/mol. The van der Waals surface area contributed by atoms with E-state index in [-0.39, 0.29) is 5.69 Å². The fraction of sp³-hybridized carbons (Fsp3) is 0.286. The Labute approximate surface area is 115 Å². The minimum atomic E-state index is -1.05. The van der Waals surface area contributed by atoms with Gasteiger partial charge in [0.15, 0.2) is 17.2 Å². The molecule has 0 aliphatic carbocycles. The molecule has 104 valence electrons. The molecule has 0 amide bonds. The van der Waals surface area contributed by atoms with Crippen molar-refractivity contribution in [3.8, 4) is 11.5 Å². The van der Waals surface area contributed by atoms with Crippen LogP contribution in [0.2, 0.25) is 0 Å². The number of aromatic nitrogens is 1. The fourth-order valence-corrected chi connectivity index (χ4v) is 2.22. The third-order valence-electron chi connectivity index (χ3n) is 3.15. The van der Waals surface area contributed by atoms with Crippen LogP contribution in [-0.4, -0.2) is 43.4 Å². The van der Waals surface area contributed by atoms with Crippen LogP contribution in [0.1, 0.15) is 10.5 Å². The van der Waals surface area contributed by atoms with Crippen molar-refractivity contribution in [3.05, 3.63) is 23.9 Å². The Bertz CT molecular complexity index is 697. The largest absolute Gasteiger partial charge is 0.486 e. The number of carbonyl (C=O) groups is 1. The van der Waals surface area contributed by atoms with Crippen molar-refractivity contribution in [1.82, 2.24) is 4.98 Å². The fourth-order valence-electron chi connectivity index (χ4n) is 2.22. The maximum atomic E-state index is 11.2. The van der Waals surface area contributed by atoms with Crippen molar-refractivity contribution in [2.75, 3.05) is 32.2 Å². The minimum Gasteiger partial charge on any atom is -0.486 e. The number of aromatic carboxylic acids is 1. The molecule has 0 unspecified atom stereocenters. The van der Waals surface area contributed by atoms with Crippen molar-refractivity contribution in [3.63, 3.8) is 0 Å². The molecule has 3 rings (SSSR count). The van der Waals surface area contributed by atoms with Gasteiger partial charge in [-0.2, -0.15) is 0 Å². The van der Waals surface area contributed by atoms with E-state index in [1.54, 1.807) is 12.1 Å². The summed E-state index contributed by atoms with van der Waals surface area (Å²) in [6.07, 6.45) is 0. The van der Waals surface area contributed by atoms with Gasteiger partial charge in [0.1, 0.15) is 13.2 Å². The summed E-state index contributed by atoms with van der Waals surface area (Å²) in [6, 6.07) is 5.13. The number of hydrogen-bond donors (Lipinski definition) is 1. The molecule has 1 aromatic heterocycles. The molecule has 1 aliphatic heterocycles. The first-order valence-electron chi connectivity index (χ1n) is 6.21. The SMILES string of the molecule is CN(C)c1cc(C(=O)O)nc2cc3c(cc12)OCCO3. The van der Waals surface area contributed by atoms with Gasteiger partial charge >= 0.3 is 5.97 Å². The first-order valence-corrected chi connectivity index (χ1v) is 6.21. The Hall–Kier alpha value is -2.50. The average Bonchev–Trinajstić information content (AvgIpc) is 2.43. The molecule has 1 N–H and O–H groups in total. The normalized spacial score (nSPS) is 13.3. The molecular formula is C14H14N2O4. The zero-order chi connectivity index (χ0) is 14.3. The lowest BCUT2D eigenvalue weighted by molar-refractivity contribution is 0.0691. The molecule has 0 atom stereocenters. The van der Waals surface area contributed by atoms with Crippen molar-refractivity contribution in [2.45, 2.75) is 0 Å². The third kappa shape index (κ3) is 1.99. The molecule has 0 spiro atoms. The third-order valence-corrected chi connectivity index (χ3v) is 3.15. The number of carboxylic acid groups (broad SMARTS) is 1. The first kappa shape index (κ1) is 12.5. The molecule has 2 aromatic rings. The van der Waals surface area contributed by atoms with Crippen LogP contribution >= 0.6 is 0 Å². The summed E-state index contributed by atoms with van der Waals surface area (Å²) in [5.41, 5.74) is 1.38. The van der Waals surface area contributed by atoms with Crippen LogP contribution in [0.25, 0.3) is 10.9 Å². The van der Waals surface area contributed by atoms with Crippen LogP contribution in [0, 0.1) is 0 Å². The summed E-state index contributed by atoms with van der Waals surface area (Å²) >= 11 is 0. The molecule has 0 radical (unpaired) electrons. The lowest BCUT2D eigenvalue weighted by Crippen LogP contribution is -2.16. The van der Waals surface area contributed by atoms with E-state index >= 15 is 0 Å². The summed E-state index contributed by atoms with van der Waals surface area (Å²) in [4.78, 5) is 17.2. The highest BCUT2D eigenvalue weighted by molar-refractivity contribution is 5.98. The van der Waals surface area contributed by atoms with Gasteiger partial charge in [-0.25, -0.2) is 9.78 Å². The number of rotatable bonds is 2. The van der Waals surface area contributed by atoms with Crippen LogP contribution in [-0.2, 0) is 0 Å². The number of nitrogens with zero attached hydrogens (tertiary/aromatic N) is 2. The number of pyridine rings is 1. The van der Waals surface area contributed by atoms with Gasteiger partial charge in [0.05, 0.1) is 5.52 Å². The Morgan fingerprint density at radius 1 is 1.20 bits per heavy atom. The molecular weight excluding hydrogens is 260 g/mol. The second kappa shape index (κ2) is 4.56. The van der Waals surface area contributed by atoms with Gasteiger partial charge in [0, 0.05) is 31.2 Å². The number of fused-ring (bicyclic) bond motifs is 2. The Balaban J connectivity index is 2.30. The molecule has 6 nitrogen and oxygen atoms in total. The lowest BCUT2D eigenvalue weighted by Gasteiger charge is -2.21. The summed E-state index contributed by atoms with van der Waals surface area (Å²) in [5.74, 6) is 0.213. The lowest BCUT2D eigenvalue weighted by atomic mass is 10.1. The maximum absolute atomic E-state index is 11.2. The zero-order valence-corrected chi connectivity index (χ0v) is 11.2. The predicted octanol–water partition coefficient (Wildman–Crippen LogP) is 1.77. The van der Waals surface area contributed by atoms with Crippen LogP contribution in [0.15, 0.2) is 18.2 Å². The first-order chi connectivity index (χ1) is 9.56. The van der Waals surface area contributed by atoms with Gasteiger partial charge in [-0.05, 0) is 12.1 Å². The highest BCUT2D eigenvalue weighted by Gasteiger charge is 2.18. The quantitative estimate of drug-likeness (QED) is 0.899. The van der Waals surface area contributed by atoms with Crippen LogP contribution < -0.4 is 14.4 Å². The number of ether oxygens (including phenoxy) is 2. The van der Waals surface area contributed by atoms with E-state index in [1.807, 2.05) is 25.1 Å². The molecule has 20 heavy (non-hydrogen) atoms. The van der Waals surface area contributed by atoms with E-state index in [9.17, 15) is 4.79 Å². The molecule has 1 aromatic carbocycles. The standard InChI is InChI=1S/C14H14N2O4/c1-16(2)11-6-10(14(17)18)15-9-7-13-12(5-8(9)11)19-3-4-20-13/h5-7H,3-4H2,1-2H3,(H,17,18). The molecule has 0 saturated heterocycles. The molecule has 6 heteroatoms. The maximum Gasteiger partial charge on any atom is 0.354 e. The number of anilines is 1. The van der Waals surface area contributed by atoms with Gasteiger partial charge in [-0.3, -0.25) is 0 Å². The summed E-state index contributed by atoms with van der Waals surface area (Å²) in [7, 11) is 3.72. The van der Waals surface area contributed by atoms with E-state index in [2.05, 4.69) is 4.98 Å². The molecule has 2 heterocycles. The second-order valence-corrected chi connectivity index (χ2v) is 4.74. The number of benzene rings is 1. The second-order valence-electron chi connectivity index (χ2n) is 4.74. The van der Waals surface area contributed by atoms with E-state index in [0.717, 1.165) is 11.1 Å². The van der Waals surface area contributed by atoms with Crippen LogP contribution in [0.4, 0.5) is 5.69 Å². The van der Waals surface area contributed by atoms with E-state index in [4.69, 9.17) is 14.6 Å². The van der Waals surface area contributed by atoms with Gasteiger partial charge in [-0.1, -0.05) is 0 Å². The highest BCUT2D eigenvalue weighted by atomic mass is 16.6. The summed E-state index contributed by atoms with van der Waals surface area (Å²) in [5, 5.41) is 9.99. The van der Waals surface area contributed by atoms with Gasteiger partial charge in [0.2, 0.25) is 0 Å². The van der Waals surface area contributed by atoms with Crippen LogP contribution in [0.5, 0.6) is 11.5 Å².